The first-order chi connectivity index (χ1) is 5.54. The van der Waals surface area contributed by atoms with Gasteiger partial charge in [-0.3, -0.25) is 0 Å². The molecule has 0 radical (unpaired) electrons. The fraction of sp³-hybridized carbons (Fsp3) is 1.00. The van der Waals surface area contributed by atoms with Gasteiger partial charge in [0.25, 0.3) is 0 Å². The van der Waals surface area contributed by atoms with Crippen LogP contribution in [-0.2, 0) is 4.57 Å². The van der Waals surface area contributed by atoms with E-state index in [0.29, 0.717) is 0 Å². The van der Waals surface area contributed by atoms with E-state index in [4.69, 9.17) is 9.46 Å². The Labute approximate surface area is 95.7 Å². The molecule has 70 valence electrons. The number of rotatable bonds is 4. The summed E-state index contributed by atoms with van der Waals surface area (Å²) in [5.74, 6) is 1.95. The van der Waals surface area contributed by atoms with Crippen molar-refractivity contribution in [2.24, 2.45) is 11.8 Å². The van der Waals surface area contributed by atoms with Crippen molar-refractivity contribution in [1.82, 2.24) is 0 Å². The zero-order chi connectivity index (χ0) is 9.98. The van der Waals surface area contributed by atoms with Crippen LogP contribution in [0.5, 0.6) is 0 Å². The zero-order valence-electron chi connectivity index (χ0n) is 8.58. The van der Waals surface area contributed by atoms with E-state index >= 15 is 0 Å². The third kappa shape index (κ3) is 22.5. The van der Waals surface area contributed by atoms with E-state index in [2.05, 4.69) is 27.7 Å². The Hall–Kier alpha value is 1.32. The van der Waals surface area contributed by atoms with Crippen LogP contribution in [-0.4, -0.2) is 38.7 Å². The van der Waals surface area contributed by atoms with Gasteiger partial charge in [0.1, 0.15) is 0 Å². The average molecular weight is 218 g/mol. The topological polar surface area (TPSA) is 37.3 Å². The van der Waals surface area contributed by atoms with Gasteiger partial charge >= 0.3 is 87.1 Å². The maximum absolute atomic E-state index is 8.46. The van der Waals surface area contributed by atoms with E-state index in [-0.39, 0.29) is 33.8 Å². The molecule has 0 bridgehead atoms. The normalized spacial score (nSPS) is 9.58. The Bertz CT molecular complexity index is 89.1. The summed E-state index contributed by atoms with van der Waals surface area (Å²) in [6.45, 7) is 9.36. The van der Waals surface area contributed by atoms with Crippen LogP contribution in [0.3, 0.4) is 0 Å². The third-order valence-corrected chi connectivity index (χ3v) is 6.44. The van der Waals surface area contributed by atoms with Crippen molar-refractivity contribution in [3.63, 3.8) is 0 Å². The Morgan fingerprint density at radius 3 is 1.58 bits per heavy atom. The Morgan fingerprint density at radius 2 is 1.42 bits per heavy atom. The summed E-state index contributed by atoms with van der Waals surface area (Å²) in [5.41, 5.74) is 0. The van der Waals surface area contributed by atoms with Crippen molar-refractivity contribution in [2.75, 3.05) is 0 Å². The van der Waals surface area contributed by atoms with Crippen molar-refractivity contribution in [3.8, 4) is 0 Å². The van der Waals surface area contributed by atoms with E-state index < -0.39 is 8.69 Å². The molecule has 0 aromatic rings. The molecule has 0 saturated carbocycles. The summed E-state index contributed by atoms with van der Waals surface area (Å²) in [7, 11) is -0.833. The molecule has 0 aromatic heterocycles. The van der Waals surface area contributed by atoms with E-state index in [0.717, 1.165) is 11.8 Å². The molecule has 0 aliphatic rings. The minimum absolute atomic E-state index is 0.0671. The van der Waals surface area contributed by atoms with Crippen LogP contribution in [0.4, 0.5) is 0 Å². The number of hydrogen-bond acceptors (Lipinski definition) is 1. The molecule has 12 heavy (non-hydrogen) atoms. The monoisotopic (exact) mass is 218 g/mol. The quantitative estimate of drug-likeness (QED) is 0.581. The first-order valence-corrected chi connectivity index (χ1v) is 8.40. The van der Waals surface area contributed by atoms with E-state index in [1.807, 2.05) is 0 Å². The molecule has 0 atom stereocenters. The first-order valence-electron chi connectivity index (χ1n) is 4.51. The summed E-state index contributed by atoms with van der Waals surface area (Å²) in [4.78, 5) is 6.99. The van der Waals surface area contributed by atoms with Gasteiger partial charge in [-0.05, 0) is 0 Å². The molecule has 2 nitrogen and oxygen atoms in total. The van der Waals surface area contributed by atoms with Crippen molar-refractivity contribution < 1.29 is 9.46 Å². The largest absolute Gasteiger partial charge is 0.324 e. The maximum Gasteiger partial charge on any atom is 0.324 e. The Morgan fingerprint density at radius 1 is 1.17 bits per heavy atom. The molecule has 1 N–H and O–H groups in total. The molecule has 0 amide bonds. The zero-order valence-corrected chi connectivity index (χ0v) is 11.7. The van der Waals surface area contributed by atoms with E-state index in [1.165, 1.54) is 0 Å². The summed E-state index contributed by atoms with van der Waals surface area (Å²) < 4.78 is 11.6. The maximum atomic E-state index is 8.46. The SMILES string of the molecule is CC(C)[CH2][Ca][CH2]C(C)C.O=PO. The van der Waals surface area contributed by atoms with Crippen LogP contribution in [0, 0.1) is 11.8 Å². The van der Waals surface area contributed by atoms with Crippen molar-refractivity contribution >= 4 is 42.5 Å². The van der Waals surface area contributed by atoms with Crippen molar-refractivity contribution in [2.45, 2.75) is 32.7 Å². The second-order valence-corrected chi connectivity index (χ2v) is 6.87. The van der Waals surface area contributed by atoms with Crippen LogP contribution in [0.2, 0.25) is 5.04 Å². The molecule has 0 aliphatic carbocycles. The molecule has 0 aliphatic heterocycles. The van der Waals surface area contributed by atoms with Crippen LogP contribution in [0.25, 0.3) is 0 Å². The molecule has 0 aromatic carbocycles. The van der Waals surface area contributed by atoms with Gasteiger partial charge in [0.05, 0.1) is 0 Å². The smallest absolute Gasteiger partial charge is 0.310 e. The van der Waals surface area contributed by atoms with Gasteiger partial charge < -0.3 is 4.89 Å². The van der Waals surface area contributed by atoms with Crippen LogP contribution in [0.15, 0.2) is 0 Å². The molecular weight excluding hydrogens is 199 g/mol. The first kappa shape index (κ1) is 15.8. The van der Waals surface area contributed by atoms with Crippen LogP contribution < -0.4 is 0 Å². The predicted molar refractivity (Wildman–Crippen MR) is 54.9 cm³/mol. The summed E-state index contributed by atoms with van der Waals surface area (Å²) >= 11 is -0.0671. The average Bonchev–Trinajstić information content (AvgIpc) is 1.87. The van der Waals surface area contributed by atoms with Gasteiger partial charge in [-0.2, -0.15) is 0 Å². The molecule has 0 saturated heterocycles. The van der Waals surface area contributed by atoms with Crippen LogP contribution >= 0.6 is 8.69 Å². The fourth-order valence-electron chi connectivity index (χ4n) is 0.934. The summed E-state index contributed by atoms with van der Waals surface area (Å²) in [6, 6.07) is 0. The molecule has 4 heteroatoms. The standard InChI is InChI=1S/2C4H9.Ca.HO2P/c2*1-4(2)3;;1-3-2/h2*4H,1H2,2-3H3;;(H,1,2). The molecule has 0 heterocycles. The van der Waals surface area contributed by atoms with Gasteiger partial charge in [0.2, 0.25) is 0 Å². The minimum Gasteiger partial charge on any atom is -0.310 e. The summed E-state index contributed by atoms with van der Waals surface area (Å²) in [5, 5.41) is 0. The molecule has 0 spiro atoms. The molecule has 0 unspecified atom stereocenters. The second kappa shape index (κ2) is 12.3. The molecule has 0 rings (SSSR count). The van der Waals surface area contributed by atoms with Gasteiger partial charge in [0, 0.05) is 0 Å². The minimum atomic E-state index is -0.833. The summed E-state index contributed by atoms with van der Waals surface area (Å²) in [6.07, 6.45) is 0. The van der Waals surface area contributed by atoms with Crippen LogP contribution in [0.1, 0.15) is 27.7 Å². The number of hydrogen-bond donors (Lipinski definition) is 1. The van der Waals surface area contributed by atoms with Gasteiger partial charge in [-0.15, -0.1) is 0 Å². The molecular formula is C8H19CaO2P. The molecule has 0 fully saturated rings. The fourth-order valence-corrected chi connectivity index (χ4v) is 3.85. The predicted octanol–water partition coefficient (Wildman–Crippen LogP) is 3.02. The van der Waals surface area contributed by atoms with Crippen molar-refractivity contribution in [1.29, 1.82) is 0 Å². The van der Waals surface area contributed by atoms with E-state index in [9.17, 15) is 0 Å². The van der Waals surface area contributed by atoms with Gasteiger partial charge in [0.15, 0.2) is 0 Å². The Kier molecular flexibility index (Phi) is 16.2. The van der Waals surface area contributed by atoms with Gasteiger partial charge in [-0.25, -0.2) is 4.57 Å². The Balaban J connectivity index is 0. The third-order valence-electron chi connectivity index (χ3n) is 1.56. The van der Waals surface area contributed by atoms with Gasteiger partial charge in [-0.1, -0.05) is 0 Å². The van der Waals surface area contributed by atoms with Crippen molar-refractivity contribution in [3.05, 3.63) is 0 Å². The second-order valence-electron chi connectivity index (χ2n) is 3.80. The van der Waals surface area contributed by atoms with E-state index in [1.54, 1.807) is 5.04 Å².